The number of pyridine rings is 1. The van der Waals surface area contributed by atoms with Gasteiger partial charge in [-0.3, -0.25) is 9.59 Å². The molecule has 0 aliphatic carbocycles. The summed E-state index contributed by atoms with van der Waals surface area (Å²) < 4.78 is 13.7. The first-order chi connectivity index (χ1) is 17.8. The standard InChI is InChI=1S/C28H23FN4O4/c1-33-13-11-21-25(27(33)35)24(17-6-8-20(29)9-7-17)26(31-21)19-10-12-30-22(15-19)32-23(34)14-16-2-4-18(5-3-16)28(36)37/h2-10,12,15,31H,11,13-14H2,1H3,(H,36,37)(H,30,32,34). The van der Waals surface area contributed by atoms with Gasteiger partial charge in [0.25, 0.3) is 5.91 Å². The lowest BCUT2D eigenvalue weighted by atomic mass is 9.94. The third-order valence-electron chi connectivity index (χ3n) is 6.35. The van der Waals surface area contributed by atoms with Crippen LogP contribution in [-0.4, -0.2) is 51.4 Å². The number of carbonyl (C=O) groups excluding carboxylic acids is 2. The van der Waals surface area contributed by atoms with E-state index < -0.39 is 5.97 Å². The van der Waals surface area contributed by atoms with Crippen LogP contribution in [0.15, 0.2) is 66.9 Å². The number of nitrogens with one attached hydrogen (secondary N) is 2. The van der Waals surface area contributed by atoms with Gasteiger partial charge in [-0.15, -0.1) is 0 Å². The molecule has 4 aromatic rings. The second-order valence-corrected chi connectivity index (χ2v) is 8.87. The molecule has 0 saturated heterocycles. The molecule has 0 spiro atoms. The number of aromatic amines is 1. The van der Waals surface area contributed by atoms with Crippen molar-refractivity contribution < 1.29 is 23.9 Å². The molecule has 0 atom stereocenters. The number of halogens is 1. The lowest BCUT2D eigenvalue weighted by Gasteiger charge is -2.23. The number of anilines is 1. The fourth-order valence-corrected chi connectivity index (χ4v) is 4.46. The van der Waals surface area contributed by atoms with Crippen LogP contribution in [0, 0.1) is 5.82 Å². The number of hydrogen-bond donors (Lipinski definition) is 3. The van der Waals surface area contributed by atoms with Crippen LogP contribution < -0.4 is 5.32 Å². The first-order valence-electron chi connectivity index (χ1n) is 11.6. The molecule has 0 radical (unpaired) electrons. The second-order valence-electron chi connectivity index (χ2n) is 8.87. The van der Waals surface area contributed by atoms with Crippen LogP contribution in [0.5, 0.6) is 0 Å². The molecule has 1 aliphatic rings. The van der Waals surface area contributed by atoms with E-state index in [0.717, 1.165) is 5.69 Å². The highest BCUT2D eigenvalue weighted by Crippen LogP contribution is 2.39. The Hall–Kier alpha value is -4.79. The Kier molecular flexibility index (Phi) is 6.27. The molecule has 0 saturated carbocycles. The maximum atomic E-state index is 13.7. The fourth-order valence-electron chi connectivity index (χ4n) is 4.46. The lowest BCUT2D eigenvalue weighted by molar-refractivity contribution is -0.115. The van der Waals surface area contributed by atoms with Gasteiger partial charge in [0.1, 0.15) is 11.6 Å². The quantitative estimate of drug-likeness (QED) is 0.365. The number of carbonyl (C=O) groups is 3. The van der Waals surface area contributed by atoms with Crippen LogP contribution >= 0.6 is 0 Å². The molecule has 8 nitrogen and oxygen atoms in total. The van der Waals surface area contributed by atoms with Gasteiger partial charge in [-0.1, -0.05) is 24.3 Å². The Morgan fingerprint density at radius 3 is 2.49 bits per heavy atom. The van der Waals surface area contributed by atoms with Gasteiger partial charge in [-0.05, 0) is 47.5 Å². The number of aromatic nitrogens is 2. The summed E-state index contributed by atoms with van der Waals surface area (Å²) in [4.78, 5) is 46.1. The molecule has 0 bridgehead atoms. The van der Waals surface area contributed by atoms with Crippen molar-refractivity contribution in [3.63, 3.8) is 0 Å². The molecular formula is C28H23FN4O4. The number of benzene rings is 2. The smallest absolute Gasteiger partial charge is 0.335 e. The van der Waals surface area contributed by atoms with Crippen LogP contribution in [0.2, 0.25) is 0 Å². The number of H-pyrrole nitrogens is 1. The Labute approximate surface area is 211 Å². The minimum Gasteiger partial charge on any atom is -0.478 e. The van der Waals surface area contributed by atoms with Gasteiger partial charge >= 0.3 is 5.97 Å². The zero-order valence-corrected chi connectivity index (χ0v) is 19.9. The SMILES string of the molecule is CN1CCc2[nH]c(-c3ccnc(NC(=O)Cc4ccc(C(=O)O)cc4)c3)c(-c3ccc(F)cc3)c2C1=O. The molecular weight excluding hydrogens is 475 g/mol. The van der Waals surface area contributed by atoms with Gasteiger partial charge in [0.2, 0.25) is 5.91 Å². The highest BCUT2D eigenvalue weighted by atomic mass is 19.1. The van der Waals surface area contributed by atoms with E-state index in [1.54, 1.807) is 54.5 Å². The van der Waals surface area contributed by atoms with E-state index in [0.29, 0.717) is 52.3 Å². The zero-order valence-electron chi connectivity index (χ0n) is 19.9. The number of rotatable bonds is 6. The van der Waals surface area contributed by atoms with E-state index in [9.17, 15) is 18.8 Å². The summed E-state index contributed by atoms with van der Waals surface area (Å²) in [6.07, 6.45) is 2.26. The minimum absolute atomic E-state index is 0.0459. The highest BCUT2D eigenvalue weighted by Gasteiger charge is 2.30. The summed E-state index contributed by atoms with van der Waals surface area (Å²) >= 11 is 0. The average molecular weight is 499 g/mol. The Morgan fingerprint density at radius 1 is 1.05 bits per heavy atom. The van der Waals surface area contributed by atoms with Crippen LogP contribution in [0.1, 0.15) is 32.0 Å². The molecule has 0 unspecified atom stereocenters. The summed E-state index contributed by atoms with van der Waals surface area (Å²) in [5.41, 5.74) is 4.94. The Morgan fingerprint density at radius 2 is 1.78 bits per heavy atom. The third-order valence-corrected chi connectivity index (χ3v) is 6.35. The van der Waals surface area contributed by atoms with Crippen molar-refractivity contribution in [1.82, 2.24) is 14.9 Å². The van der Waals surface area contributed by atoms with Crippen LogP contribution in [-0.2, 0) is 17.6 Å². The third kappa shape index (κ3) is 4.84. The second kappa shape index (κ2) is 9.69. The van der Waals surface area contributed by atoms with Crippen LogP contribution in [0.3, 0.4) is 0 Å². The van der Waals surface area contributed by atoms with Gasteiger partial charge in [0.05, 0.1) is 23.2 Å². The monoisotopic (exact) mass is 498 g/mol. The molecule has 37 heavy (non-hydrogen) atoms. The lowest BCUT2D eigenvalue weighted by Crippen LogP contribution is -2.34. The molecule has 5 rings (SSSR count). The van der Waals surface area contributed by atoms with Crippen molar-refractivity contribution in [1.29, 1.82) is 0 Å². The number of carboxylic acid groups (broad SMARTS) is 1. The number of fused-ring (bicyclic) bond motifs is 1. The summed E-state index contributed by atoms with van der Waals surface area (Å²) in [7, 11) is 1.75. The van der Waals surface area contributed by atoms with Gasteiger partial charge in [0.15, 0.2) is 0 Å². The van der Waals surface area contributed by atoms with E-state index in [4.69, 9.17) is 5.11 Å². The maximum Gasteiger partial charge on any atom is 0.335 e. The van der Waals surface area contributed by atoms with Gasteiger partial charge < -0.3 is 20.3 Å². The fraction of sp³-hybridized carbons (Fsp3) is 0.143. The number of carboxylic acids is 1. The number of hydrogen-bond acceptors (Lipinski definition) is 4. The van der Waals surface area contributed by atoms with Crippen molar-refractivity contribution in [3.8, 4) is 22.4 Å². The number of nitrogens with zero attached hydrogens (tertiary/aromatic N) is 2. The average Bonchev–Trinajstić information content (AvgIpc) is 3.27. The zero-order chi connectivity index (χ0) is 26.1. The normalized spacial score (nSPS) is 12.8. The van der Waals surface area contributed by atoms with E-state index in [1.807, 2.05) is 0 Å². The van der Waals surface area contributed by atoms with E-state index in [1.165, 1.54) is 24.3 Å². The molecule has 186 valence electrons. The van der Waals surface area contributed by atoms with Crippen molar-refractivity contribution in [3.05, 3.63) is 95.1 Å². The maximum absolute atomic E-state index is 13.7. The number of aromatic carboxylic acids is 1. The molecule has 3 N–H and O–H groups in total. The number of likely N-dealkylation sites (N-methyl/N-ethyl adjacent to an activating group) is 1. The van der Waals surface area contributed by atoms with Crippen LogP contribution in [0.25, 0.3) is 22.4 Å². The summed E-state index contributed by atoms with van der Waals surface area (Å²) in [5, 5.41) is 11.8. The van der Waals surface area contributed by atoms with E-state index >= 15 is 0 Å². The van der Waals surface area contributed by atoms with Gasteiger partial charge in [-0.25, -0.2) is 14.2 Å². The predicted octanol–water partition coefficient (Wildman–Crippen LogP) is 4.39. The highest BCUT2D eigenvalue weighted by molar-refractivity contribution is 6.06. The molecule has 0 fully saturated rings. The first-order valence-corrected chi connectivity index (χ1v) is 11.6. The predicted molar refractivity (Wildman–Crippen MR) is 136 cm³/mol. The molecule has 2 amide bonds. The summed E-state index contributed by atoms with van der Waals surface area (Å²) in [6.45, 7) is 0.583. The van der Waals surface area contributed by atoms with Crippen molar-refractivity contribution in [2.45, 2.75) is 12.8 Å². The van der Waals surface area contributed by atoms with E-state index in [2.05, 4.69) is 15.3 Å². The van der Waals surface area contributed by atoms with Gasteiger partial charge in [0, 0.05) is 43.0 Å². The van der Waals surface area contributed by atoms with Gasteiger partial charge in [-0.2, -0.15) is 0 Å². The van der Waals surface area contributed by atoms with Crippen molar-refractivity contribution in [2.24, 2.45) is 0 Å². The molecule has 9 heteroatoms. The number of amides is 2. The van der Waals surface area contributed by atoms with Crippen molar-refractivity contribution in [2.75, 3.05) is 18.9 Å². The largest absolute Gasteiger partial charge is 0.478 e. The topological polar surface area (TPSA) is 115 Å². The molecule has 3 heterocycles. The Bertz CT molecular complexity index is 1510. The molecule has 2 aromatic carbocycles. The summed E-state index contributed by atoms with van der Waals surface area (Å²) in [5.74, 6) is -1.50. The molecule has 1 aliphatic heterocycles. The Balaban J connectivity index is 1.46. The minimum atomic E-state index is -1.03. The van der Waals surface area contributed by atoms with Crippen LogP contribution in [0.4, 0.5) is 10.2 Å². The molecule has 2 aromatic heterocycles. The first kappa shape index (κ1) is 23.9. The summed E-state index contributed by atoms with van der Waals surface area (Å²) in [6, 6.07) is 15.6. The van der Waals surface area contributed by atoms with E-state index in [-0.39, 0.29) is 29.6 Å². The van der Waals surface area contributed by atoms with Crippen molar-refractivity contribution >= 4 is 23.6 Å².